The zero-order chi connectivity index (χ0) is 10.6. The van der Waals surface area contributed by atoms with Crippen LogP contribution in [-0.4, -0.2) is 19.1 Å². The molecular formula is C9H12BrNO3. The first-order valence-corrected chi connectivity index (χ1v) is 4.98. The fraction of sp³-hybridized carbons (Fsp3) is 0.444. The summed E-state index contributed by atoms with van der Waals surface area (Å²) in [7, 11) is 1.37. The van der Waals surface area contributed by atoms with E-state index in [2.05, 4.69) is 26.0 Å². The van der Waals surface area contributed by atoms with Gasteiger partial charge in [-0.05, 0) is 35.0 Å². The van der Waals surface area contributed by atoms with Gasteiger partial charge in [-0.1, -0.05) is 0 Å². The predicted molar refractivity (Wildman–Crippen MR) is 54.7 cm³/mol. The van der Waals surface area contributed by atoms with Crippen molar-refractivity contribution < 1.29 is 13.9 Å². The maximum atomic E-state index is 11.0. The highest BCUT2D eigenvalue weighted by molar-refractivity contribution is 9.10. The van der Waals surface area contributed by atoms with Crippen LogP contribution in [0.25, 0.3) is 0 Å². The molecule has 0 amide bonds. The van der Waals surface area contributed by atoms with E-state index in [-0.39, 0.29) is 12.0 Å². The molecule has 1 aromatic rings. The molecule has 4 nitrogen and oxygen atoms in total. The van der Waals surface area contributed by atoms with Crippen molar-refractivity contribution in [3.05, 3.63) is 22.6 Å². The number of furan rings is 1. The average molecular weight is 262 g/mol. The van der Waals surface area contributed by atoms with Gasteiger partial charge in [0.2, 0.25) is 0 Å². The number of esters is 1. The lowest BCUT2D eigenvalue weighted by Gasteiger charge is -2.09. The van der Waals surface area contributed by atoms with Crippen LogP contribution in [0.3, 0.4) is 0 Å². The van der Waals surface area contributed by atoms with Gasteiger partial charge in [0.1, 0.15) is 11.8 Å². The summed E-state index contributed by atoms with van der Waals surface area (Å²) in [5.74, 6) is 0.489. The summed E-state index contributed by atoms with van der Waals surface area (Å²) in [4.78, 5) is 11.0. The van der Waals surface area contributed by atoms with Crippen molar-refractivity contribution in [2.75, 3.05) is 7.11 Å². The molecular weight excluding hydrogens is 250 g/mol. The third-order valence-electron chi connectivity index (χ3n) is 1.77. The summed E-state index contributed by atoms with van der Waals surface area (Å²) >= 11 is 3.20. The zero-order valence-electron chi connectivity index (χ0n) is 8.04. The number of hydrogen-bond donors (Lipinski definition) is 1. The van der Waals surface area contributed by atoms with Gasteiger partial charge in [-0.3, -0.25) is 10.1 Å². The Morgan fingerprint density at radius 2 is 2.43 bits per heavy atom. The number of methoxy groups -OCH3 is 1. The van der Waals surface area contributed by atoms with Crippen molar-refractivity contribution >= 4 is 21.9 Å². The number of halogens is 1. The third kappa shape index (κ3) is 3.16. The molecule has 0 aliphatic heterocycles. The summed E-state index contributed by atoms with van der Waals surface area (Å²) in [5, 5.41) is 2.97. The van der Waals surface area contributed by atoms with Crippen LogP contribution in [-0.2, 0) is 16.1 Å². The Balaban J connectivity index is 2.37. The van der Waals surface area contributed by atoms with E-state index in [0.717, 1.165) is 5.76 Å². The van der Waals surface area contributed by atoms with Crippen LogP contribution < -0.4 is 5.32 Å². The SMILES string of the molecule is COC(=O)C(C)NCc1ccc(Br)o1. The van der Waals surface area contributed by atoms with Crippen molar-refractivity contribution in [2.45, 2.75) is 19.5 Å². The number of carbonyl (C=O) groups excluding carboxylic acids is 1. The molecule has 0 bridgehead atoms. The average Bonchev–Trinajstić information content (AvgIpc) is 2.59. The summed E-state index contributed by atoms with van der Waals surface area (Å²) in [6, 6.07) is 3.31. The van der Waals surface area contributed by atoms with Gasteiger partial charge in [-0.2, -0.15) is 0 Å². The minimum absolute atomic E-state index is 0.282. The number of ether oxygens (including phenoxy) is 1. The van der Waals surface area contributed by atoms with Gasteiger partial charge in [0.25, 0.3) is 0 Å². The number of hydrogen-bond acceptors (Lipinski definition) is 4. The van der Waals surface area contributed by atoms with Crippen molar-refractivity contribution in [3.8, 4) is 0 Å². The Hall–Kier alpha value is -0.810. The normalized spacial score (nSPS) is 12.5. The molecule has 0 saturated carbocycles. The summed E-state index contributed by atoms with van der Waals surface area (Å²) in [5.41, 5.74) is 0. The molecule has 14 heavy (non-hydrogen) atoms. The van der Waals surface area contributed by atoms with Crippen LogP contribution in [0.4, 0.5) is 0 Å². The van der Waals surface area contributed by atoms with Crippen LogP contribution in [0.1, 0.15) is 12.7 Å². The van der Waals surface area contributed by atoms with Crippen molar-refractivity contribution in [3.63, 3.8) is 0 Å². The Bertz CT molecular complexity index is 311. The van der Waals surface area contributed by atoms with Crippen LogP contribution in [0.5, 0.6) is 0 Å². The van der Waals surface area contributed by atoms with Gasteiger partial charge in [-0.15, -0.1) is 0 Å². The molecule has 0 spiro atoms. The number of carbonyl (C=O) groups is 1. The fourth-order valence-corrected chi connectivity index (χ4v) is 1.30. The van der Waals surface area contributed by atoms with Gasteiger partial charge in [-0.25, -0.2) is 0 Å². The second-order valence-electron chi connectivity index (χ2n) is 2.83. The predicted octanol–water partition coefficient (Wildman–Crippen LogP) is 1.69. The first kappa shape index (κ1) is 11.3. The minimum Gasteiger partial charge on any atom is -0.468 e. The molecule has 5 heteroatoms. The monoisotopic (exact) mass is 261 g/mol. The van der Waals surface area contributed by atoms with Crippen molar-refractivity contribution in [1.82, 2.24) is 5.32 Å². The molecule has 1 rings (SSSR count). The second-order valence-corrected chi connectivity index (χ2v) is 3.61. The molecule has 0 aromatic carbocycles. The summed E-state index contributed by atoms with van der Waals surface area (Å²) in [6.45, 7) is 2.24. The Morgan fingerprint density at radius 3 is 2.93 bits per heavy atom. The highest BCUT2D eigenvalue weighted by Gasteiger charge is 2.12. The van der Waals surface area contributed by atoms with Gasteiger partial charge < -0.3 is 9.15 Å². The van der Waals surface area contributed by atoms with Gasteiger partial charge >= 0.3 is 5.97 Å². The lowest BCUT2D eigenvalue weighted by Crippen LogP contribution is -2.34. The lowest BCUT2D eigenvalue weighted by atomic mass is 10.3. The standard InChI is InChI=1S/C9H12BrNO3/c1-6(9(12)13-2)11-5-7-3-4-8(10)14-7/h3-4,6,11H,5H2,1-2H3. The molecule has 1 unspecified atom stereocenters. The Morgan fingerprint density at radius 1 is 1.71 bits per heavy atom. The van der Waals surface area contributed by atoms with Crippen LogP contribution in [0.15, 0.2) is 21.2 Å². The molecule has 0 radical (unpaired) electrons. The van der Waals surface area contributed by atoms with E-state index in [1.807, 2.05) is 6.07 Å². The van der Waals surface area contributed by atoms with Crippen molar-refractivity contribution in [1.29, 1.82) is 0 Å². The molecule has 1 N–H and O–H groups in total. The molecule has 1 heterocycles. The highest BCUT2D eigenvalue weighted by atomic mass is 79.9. The minimum atomic E-state index is -0.330. The maximum Gasteiger partial charge on any atom is 0.322 e. The van der Waals surface area contributed by atoms with Gasteiger partial charge in [0, 0.05) is 0 Å². The van der Waals surface area contributed by atoms with Crippen molar-refractivity contribution in [2.24, 2.45) is 0 Å². The lowest BCUT2D eigenvalue weighted by molar-refractivity contribution is -0.142. The number of rotatable bonds is 4. The van der Waals surface area contributed by atoms with E-state index in [0.29, 0.717) is 11.2 Å². The van der Waals surface area contributed by atoms with Crippen LogP contribution in [0, 0.1) is 0 Å². The largest absolute Gasteiger partial charge is 0.468 e. The van der Waals surface area contributed by atoms with E-state index >= 15 is 0 Å². The van der Waals surface area contributed by atoms with E-state index in [4.69, 9.17) is 4.42 Å². The summed E-state index contributed by atoms with van der Waals surface area (Å²) in [6.07, 6.45) is 0. The maximum absolute atomic E-state index is 11.0. The molecule has 0 saturated heterocycles. The molecule has 0 aliphatic rings. The third-order valence-corrected chi connectivity index (χ3v) is 2.19. The quantitative estimate of drug-likeness (QED) is 0.839. The second kappa shape index (κ2) is 5.17. The van der Waals surface area contributed by atoms with E-state index in [9.17, 15) is 4.79 Å². The molecule has 1 atom stereocenters. The smallest absolute Gasteiger partial charge is 0.322 e. The molecule has 0 aliphatic carbocycles. The molecule has 0 fully saturated rings. The zero-order valence-corrected chi connectivity index (χ0v) is 9.63. The van der Waals surface area contributed by atoms with Crippen LogP contribution >= 0.6 is 15.9 Å². The van der Waals surface area contributed by atoms with E-state index in [1.54, 1.807) is 13.0 Å². The van der Waals surface area contributed by atoms with Gasteiger partial charge in [0.05, 0.1) is 13.7 Å². The molecule has 1 aromatic heterocycles. The topological polar surface area (TPSA) is 51.5 Å². The molecule has 78 valence electrons. The van der Waals surface area contributed by atoms with Crippen LogP contribution in [0.2, 0.25) is 0 Å². The Labute approximate surface area is 90.7 Å². The number of nitrogens with one attached hydrogen (secondary N) is 1. The van der Waals surface area contributed by atoms with E-state index < -0.39 is 0 Å². The highest BCUT2D eigenvalue weighted by Crippen LogP contribution is 2.13. The first-order valence-electron chi connectivity index (χ1n) is 4.19. The van der Waals surface area contributed by atoms with Gasteiger partial charge in [0.15, 0.2) is 4.67 Å². The summed E-state index contributed by atoms with van der Waals surface area (Å²) < 4.78 is 10.5. The Kier molecular flexibility index (Phi) is 4.16. The first-order chi connectivity index (χ1) is 6.63. The fourth-order valence-electron chi connectivity index (χ4n) is 0.961. The van der Waals surface area contributed by atoms with E-state index in [1.165, 1.54) is 7.11 Å².